The first-order valence-electron chi connectivity index (χ1n) is 5.10. The Labute approximate surface area is 95.3 Å². The van der Waals surface area contributed by atoms with Gasteiger partial charge in [0.05, 0.1) is 11.6 Å². The van der Waals surface area contributed by atoms with Crippen LogP contribution < -0.4 is 5.32 Å². The van der Waals surface area contributed by atoms with Gasteiger partial charge >= 0.3 is 0 Å². The van der Waals surface area contributed by atoms with E-state index < -0.39 is 0 Å². The average Bonchev–Trinajstić information content (AvgIpc) is 2.28. The maximum Gasteiger partial charge on any atom is 0.0960 e. The smallest absolute Gasteiger partial charge is 0.0960 e. The van der Waals surface area contributed by atoms with Crippen molar-refractivity contribution in [2.45, 2.75) is 24.4 Å². The van der Waals surface area contributed by atoms with E-state index in [0.29, 0.717) is 0 Å². The Hall–Kier alpha value is -0.580. The van der Waals surface area contributed by atoms with Gasteiger partial charge in [-0.05, 0) is 25.6 Å². The lowest BCUT2D eigenvalue weighted by Gasteiger charge is -2.27. The molecule has 0 aromatic carbocycles. The van der Waals surface area contributed by atoms with Crippen molar-refractivity contribution in [3.8, 4) is 0 Å². The van der Waals surface area contributed by atoms with Crippen LogP contribution in [0.25, 0.3) is 0 Å². The molecule has 1 aromatic heterocycles. The van der Waals surface area contributed by atoms with Crippen LogP contribution in [0.5, 0.6) is 0 Å². The van der Waals surface area contributed by atoms with Gasteiger partial charge in [0, 0.05) is 17.5 Å². The highest BCUT2D eigenvalue weighted by molar-refractivity contribution is 7.99. The molecular formula is C11H18N2OS. The topological polar surface area (TPSA) is 45.1 Å². The van der Waals surface area contributed by atoms with Crippen molar-refractivity contribution >= 4 is 11.8 Å². The van der Waals surface area contributed by atoms with Crippen LogP contribution in [0.4, 0.5) is 0 Å². The van der Waals surface area contributed by atoms with Gasteiger partial charge in [0.1, 0.15) is 0 Å². The fraction of sp³-hybridized carbons (Fsp3) is 0.545. The Kier molecular flexibility index (Phi) is 5.08. The summed E-state index contributed by atoms with van der Waals surface area (Å²) in [4.78, 5) is 4.23. The molecule has 0 bridgehead atoms. The summed E-state index contributed by atoms with van der Waals surface area (Å²) in [7, 11) is 0. The second kappa shape index (κ2) is 6.10. The van der Waals surface area contributed by atoms with E-state index in [2.05, 4.69) is 10.3 Å². The number of nitrogens with one attached hydrogen (secondary N) is 1. The van der Waals surface area contributed by atoms with Gasteiger partial charge in [-0.15, -0.1) is 11.8 Å². The average molecular weight is 226 g/mol. The molecule has 2 N–H and O–H groups in total. The number of aliphatic hydroxyl groups is 1. The van der Waals surface area contributed by atoms with E-state index in [9.17, 15) is 5.11 Å². The lowest BCUT2D eigenvalue weighted by Crippen LogP contribution is -2.47. The Morgan fingerprint density at radius 1 is 1.53 bits per heavy atom. The number of rotatable bonds is 6. The number of thioether (sulfide) groups is 1. The van der Waals surface area contributed by atoms with Crippen molar-refractivity contribution < 1.29 is 5.11 Å². The zero-order chi connectivity index (χ0) is 11.1. The summed E-state index contributed by atoms with van der Waals surface area (Å²) in [6, 6.07) is 5.85. The second-order valence-electron chi connectivity index (χ2n) is 3.71. The van der Waals surface area contributed by atoms with Gasteiger partial charge in [-0.2, -0.15) is 0 Å². The highest BCUT2D eigenvalue weighted by atomic mass is 32.2. The number of hydrogen-bond donors (Lipinski definition) is 2. The van der Waals surface area contributed by atoms with Crippen LogP contribution >= 0.6 is 11.8 Å². The molecule has 0 aliphatic rings. The summed E-state index contributed by atoms with van der Waals surface area (Å²) in [5.41, 5.74) is -0.225. The monoisotopic (exact) mass is 226 g/mol. The number of hydrogen-bond acceptors (Lipinski definition) is 4. The third-order valence-corrected chi connectivity index (χ3v) is 3.45. The van der Waals surface area contributed by atoms with Crippen LogP contribution in [-0.4, -0.2) is 34.5 Å². The van der Waals surface area contributed by atoms with Crippen molar-refractivity contribution in [3.05, 3.63) is 24.4 Å². The molecule has 0 fully saturated rings. The van der Waals surface area contributed by atoms with Gasteiger partial charge in [0.2, 0.25) is 0 Å². The normalized spacial score (nSPS) is 14.9. The molecule has 0 spiro atoms. The van der Waals surface area contributed by atoms with Gasteiger partial charge in [-0.3, -0.25) is 0 Å². The Morgan fingerprint density at radius 2 is 2.33 bits per heavy atom. The standard InChI is InChI=1S/C11H18N2OS/c1-3-13-11(2,8-14)9-15-10-6-4-5-7-12-10/h4-7,13-14H,3,8-9H2,1-2H3. The summed E-state index contributed by atoms with van der Waals surface area (Å²) in [5.74, 6) is 0.814. The number of nitrogens with zero attached hydrogens (tertiary/aromatic N) is 1. The van der Waals surface area contributed by atoms with Gasteiger partial charge in [-0.25, -0.2) is 4.98 Å². The maximum atomic E-state index is 9.30. The zero-order valence-corrected chi connectivity index (χ0v) is 10.0. The highest BCUT2D eigenvalue weighted by Crippen LogP contribution is 2.19. The number of aliphatic hydroxyl groups excluding tert-OH is 1. The van der Waals surface area contributed by atoms with Crippen LogP contribution in [0.3, 0.4) is 0 Å². The van der Waals surface area contributed by atoms with Crippen LogP contribution in [0, 0.1) is 0 Å². The number of likely N-dealkylation sites (N-methyl/N-ethyl adjacent to an activating group) is 1. The van der Waals surface area contributed by atoms with Crippen LogP contribution in [0.1, 0.15) is 13.8 Å². The molecule has 1 aromatic rings. The molecule has 3 nitrogen and oxygen atoms in total. The lowest BCUT2D eigenvalue weighted by molar-refractivity contribution is 0.194. The third kappa shape index (κ3) is 4.20. The van der Waals surface area contributed by atoms with Crippen molar-refractivity contribution in [1.29, 1.82) is 0 Å². The zero-order valence-electron chi connectivity index (χ0n) is 9.23. The fourth-order valence-corrected chi connectivity index (χ4v) is 2.22. The first-order valence-corrected chi connectivity index (χ1v) is 6.08. The minimum absolute atomic E-state index is 0.140. The van der Waals surface area contributed by atoms with E-state index in [1.807, 2.05) is 32.0 Å². The first kappa shape index (κ1) is 12.5. The molecule has 1 heterocycles. The third-order valence-electron chi connectivity index (χ3n) is 2.13. The molecule has 0 radical (unpaired) electrons. The molecule has 0 aliphatic carbocycles. The van der Waals surface area contributed by atoms with E-state index in [0.717, 1.165) is 17.3 Å². The lowest BCUT2D eigenvalue weighted by atomic mass is 10.1. The molecule has 0 aliphatic heterocycles. The van der Waals surface area contributed by atoms with E-state index in [1.54, 1.807) is 18.0 Å². The van der Waals surface area contributed by atoms with Crippen molar-refractivity contribution in [2.24, 2.45) is 0 Å². The Balaban J connectivity index is 2.47. The van der Waals surface area contributed by atoms with Crippen molar-refractivity contribution in [1.82, 2.24) is 10.3 Å². The molecule has 15 heavy (non-hydrogen) atoms. The quantitative estimate of drug-likeness (QED) is 0.722. The van der Waals surface area contributed by atoms with Crippen molar-refractivity contribution in [2.75, 3.05) is 18.9 Å². The van der Waals surface area contributed by atoms with Gasteiger partial charge in [-0.1, -0.05) is 13.0 Å². The van der Waals surface area contributed by atoms with Crippen LogP contribution in [0.2, 0.25) is 0 Å². The molecule has 4 heteroatoms. The van der Waals surface area contributed by atoms with Crippen LogP contribution in [-0.2, 0) is 0 Å². The summed E-state index contributed by atoms with van der Waals surface area (Å²) in [6.45, 7) is 5.06. The SMILES string of the molecule is CCNC(C)(CO)CSc1ccccn1. The fourth-order valence-electron chi connectivity index (χ4n) is 1.25. The Morgan fingerprint density at radius 3 is 2.87 bits per heavy atom. The van der Waals surface area contributed by atoms with E-state index in [-0.39, 0.29) is 12.1 Å². The van der Waals surface area contributed by atoms with E-state index in [1.165, 1.54) is 0 Å². The molecule has 0 amide bonds. The molecule has 1 rings (SSSR count). The largest absolute Gasteiger partial charge is 0.394 e. The van der Waals surface area contributed by atoms with Gasteiger partial charge in [0.15, 0.2) is 0 Å². The minimum atomic E-state index is -0.225. The summed E-state index contributed by atoms with van der Waals surface area (Å²) in [6.07, 6.45) is 1.78. The molecular weight excluding hydrogens is 208 g/mol. The van der Waals surface area contributed by atoms with Gasteiger partial charge < -0.3 is 10.4 Å². The first-order chi connectivity index (χ1) is 7.20. The van der Waals surface area contributed by atoms with E-state index >= 15 is 0 Å². The molecule has 84 valence electrons. The van der Waals surface area contributed by atoms with E-state index in [4.69, 9.17) is 0 Å². The predicted molar refractivity (Wildman–Crippen MR) is 64.1 cm³/mol. The van der Waals surface area contributed by atoms with Gasteiger partial charge in [0.25, 0.3) is 0 Å². The summed E-state index contributed by atoms with van der Waals surface area (Å²) >= 11 is 1.66. The summed E-state index contributed by atoms with van der Waals surface area (Å²) in [5, 5.41) is 13.6. The Bertz CT molecular complexity index is 281. The molecule has 0 saturated heterocycles. The molecule has 1 atom stereocenters. The predicted octanol–water partition coefficient (Wildman–Crippen LogP) is 1.53. The minimum Gasteiger partial charge on any atom is -0.394 e. The molecule has 1 unspecified atom stereocenters. The second-order valence-corrected chi connectivity index (χ2v) is 4.70. The molecule has 0 saturated carbocycles. The number of pyridine rings is 1. The highest BCUT2D eigenvalue weighted by Gasteiger charge is 2.21. The van der Waals surface area contributed by atoms with Crippen LogP contribution in [0.15, 0.2) is 29.4 Å². The van der Waals surface area contributed by atoms with Crippen molar-refractivity contribution in [3.63, 3.8) is 0 Å². The summed E-state index contributed by atoms with van der Waals surface area (Å²) < 4.78 is 0. The number of aromatic nitrogens is 1. The maximum absolute atomic E-state index is 9.30.